The first-order chi connectivity index (χ1) is 7.84. The average molecular weight is 223 g/mol. The van der Waals surface area contributed by atoms with Gasteiger partial charge in [0.05, 0.1) is 0 Å². The van der Waals surface area contributed by atoms with E-state index in [-0.39, 0.29) is 12.5 Å². The number of phenolic OH excluding ortho intramolecular Hbond substituents is 1. The van der Waals surface area contributed by atoms with Crippen molar-refractivity contribution in [2.75, 3.05) is 19.9 Å². The van der Waals surface area contributed by atoms with Gasteiger partial charge in [0.2, 0.25) is 6.79 Å². The lowest BCUT2D eigenvalue weighted by Gasteiger charge is -2.25. The molecule has 0 amide bonds. The van der Waals surface area contributed by atoms with Gasteiger partial charge in [-0.3, -0.25) is 4.84 Å². The second kappa shape index (κ2) is 5.72. The summed E-state index contributed by atoms with van der Waals surface area (Å²) >= 11 is 0. The van der Waals surface area contributed by atoms with Gasteiger partial charge < -0.3 is 9.84 Å². The molecule has 1 fully saturated rings. The SMILES string of the molecule is Oc1ccc(OCON2CCCCC2)cc1. The zero-order valence-electron chi connectivity index (χ0n) is 9.26. The van der Waals surface area contributed by atoms with E-state index in [0.29, 0.717) is 5.75 Å². The van der Waals surface area contributed by atoms with Crippen LogP contribution in [0, 0.1) is 0 Å². The third kappa shape index (κ3) is 3.40. The number of piperidine rings is 1. The zero-order valence-corrected chi connectivity index (χ0v) is 9.26. The Morgan fingerprint density at radius 2 is 1.75 bits per heavy atom. The smallest absolute Gasteiger partial charge is 0.207 e. The van der Waals surface area contributed by atoms with E-state index in [1.165, 1.54) is 19.3 Å². The van der Waals surface area contributed by atoms with Gasteiger partial charge in [0.15, 0.2) is 0 Å². The second-order valence-corrected chi connectivity index (χ2v) is 3.87. The van der Waals surface area contributed by atoms with Gasteiger partial charge in [-0.25, -0.2) is 0 Å². The summed E-state index contributed by atoms with van der Waals surface area (Å²) in [5, 5.41) is 11.0. The van der Waals surface area contributed by atoms with Crippen molar-refractivity contribution in [3.05, 3.63) is 24.3 Å². The lowest BCUT2D eigenvalue weighted by Crippen LogP contribution is -2.31. The molecular weight excluding hydrogens is 206 g/mol. The van der Waals surface area contributed by atoms with E-state index in [0.717, 1.165) is 13.1 Å². The van der Waals surface area contributed by atoms with E-state index >= 15 is 0 Å². The molecule has 4 nitrogen and oxygen atoms in total. The van der Waals surface area contributed by atoms with Crippen LogP contribution in [0.1, 0.15) is 19.3 Å². The molecular formula is C12H17NO3. The van der Waals surface area contributed by atoms with E-state index in [1.807, 2.05) is 5.06 Å². The topological polar surface area (TPSA) is 41.9 Å². The Balaban J connectivity index is 1.69. The van der Waals surface area contributed by atoms with Gasteiger partial charge in [-0.05, 0) is 37.1 Å². The summed E-state index contributed by atoms with van der Waals surface area (Å²) in [6.07, 6.45) is 3.68. The van der Waals surface area contributed by atoms with Crippen LogP contribution < -0.4 is 4.74 Å². The third-order valence-electron chi connectivity index (χ3n) is 2.61. The predicted molar refractivity (Wildman–Crippen MR) is 60.1 cm³/mol. The maximum Gasteiger partial charge on any atom is 0.207 e. The van der Waals surface area contributed by atoms with Gasteiger partial charge in [0.1, 0.15) is 11.5 Å². The molecule has 1 saturated heterocycles. The van der Waals surface area contributed by atoms with Crippen molar-refractivity contribution in [1.29, 1.82) is 0 Å². The van der Waals surface area contributed by atoms with Crippen LogP contribution in [0.25, 0.3) is 0 Å². The molecule has 0 saturated carbocycles. The van der Waals surface area contributed by atoms with Gasteiger partial charge >= 0.3 is 0 Å². The Morgan fingerprint density at radius 3 is 2.44 bits per heavy atom. The van der Waals surface area contributed by atoms with E-state index in [9.17, 15) is 0 Å². The van der Waals surface area contributed by atoms with Crippen LogP contribution in [-0.4, -0.2) is 30.1 Å². The summed E-state index contributed by atoms with van der Waals surface area (Å²) in [7, 11) is 0. The Bertz CT molecular complexity index is 307. The molecule has 1 aliphatic rings. The molecule has 0 aromatic heterocycles. The second-order valence-electron chi connectivity index (χ2n) is 3.87. The highest BCUT2D eigenvalue weighted by molar-refractivity contribution is 5.29. The fourth-order valence-electron chi connectivity index (χ4n) is 1.71. The lowest BCUT2D eigenvalue weighted by molar-refractivity contribution is -0.208. The molecule has 16 heavy (non-hydrogen) atoms. The number of nitrogens with zero attached hydrogens (tertiary/aromatic N) is 1. The Hall–Kier alpha value is -1.26. The molecule has 1 aliphatic heterocycles. The molecule has 88 valence electrons. The highest BCUT2D eigenvalue weighted by atomic mass is 16.8. The summed E-state index contributed by atoms with van der Waals surface area (Å²) in [6.45, 7) is 2.20. The molecule has 0 radical (unpaired) electrons. The molecule has 0 aliphatic carbocycles. The molecule has 1 N–H and O–H groups in total. The van der Waals surface area contributed by atoms with Crippen LogP contribution in [0.3, 0.4) is 0 Å². The van der Waals surface area contributed by atoms with E-state index in [2.05, 4.69) is 0 Å². The minimum absolute atomic E-state index is 0.227. The van der Waals surface area contributed by atoms with Gasteiger partial charge in [0.25, 0.3) is 0 Å². The van der Waals surface area contributed by atoms with Gasteiger partial charge in [-0.15, -0.1) is 0 Å². The van der Waals surface area contributed by atoms with E-state index in [4.69, 9.17) is 14.7 Å². The lowest BCUT2D eigenvalue weighted by atomic mass is 10.2. The van der Waals surface area contributed by atoms with Crippen LogP contribution in [-0.2, 0) is 4.84 Å². The number of rotatable bonds is 4. The fraction of sp³-hybridized carbons (Fsp3) is 0.500. The first kappa shape index (κ1) is 11.2. The third-order valence-corrected chi connectivity index (χ3v) is 2.61. The molecule has 1 aromatic carbocycles. The van der Waals surface area contributed by atoms with Gasteiger partial charge in [0, 0.05) is 13.1 Å². The van der Waals surface area contributed by atoms with Crippen molar-refractivity contribution in [3.8, 4) is 11.5 Å². The normalized spacial score (nSPS) is 17.2. The molecule has 0 spiro atoms. The van der Waals surface area contributed by atoms with Crippen LogP contribution >= 0.6 is 0 Å². The van der Waals surface area contributed by atoms with Crippen molar-refractivity contribution in [3.63, 3.8) is 0 Å². The van der Waals surface area contributed by atoms with Gasteiger partial charge in [-0.2, -0.15) is 5.06 Å². The molecule has 0 unspecified atom stereocenters. The number of hydrogen-bond donors (Lipinski definition) is 1. The number of phenols is 1. The molecule has 1 heterocycles. The maximum absolute atomic E-state index is 9.09. The van der Waals surface area contributed by atoms with Crippen molar-refractivity contribution in [1.82, 2.24) is 5.06 Å². The summed E-state index contributed by atoms with van der Waals surface area (Å²) in [6, 6.07) is 6.62. The maximum atomic E-state index is 9.09. The molecule has 2 rings (SSSR count). The summed E-state index contributed by atoms with van der Waals surface area (Å²) in [5.74, 6) is 0.944. The standard InChI is InChI=1S/C12H17NO3/c14-11-4-6-12(7-5-11)15-10-16-13-8-2-1-3-9-13/h4-7,14H,1-3,8-10H2. The van der Waals surface area contributed by atoms with E-state index < -0.39 is 0 Å². The number of hydroxylamine groups is 2. The fourth-order valence-corrected chi connectivity index (χ4v) is 1.71. The Morgan fingerprint density at radius 1 is 1.06 bits per heavy atom. The predicted octanol–water partition coefficient (Wildman–Crippen LogP) is 2.15. The van der Waals surface area contributed by atoms with Crippen LogP contribution in [0.2, 0.25) is 0 Å². The van der Waals surface area contributed by atoms with Crippen LogP contribution in [0.5, 0.6) is 11.5 Å². The van der Waals surface area contributed by atoms with Crippen molar-refractivity contribution < 1.29 is 14.7 Å². The van der Waals surface area contributed by atoms with Crippen LogP contribution in [0.15, 0.2) is 24.3 Å². The minimum atomic E-state index is 0.227. The Labute approximate surface area is 95.4 Å². The molecule has 0 atom stereocenters. The first-order valence-electron chi connectivity index (χ1n) is 5.64. The largest absolute Gasteiger partial charge is 0.508 e. The van der Waals surface area contributed by atoms with Crippen molar-refractivity contribution in [2.45, 2.75) is 19.3 Å². The average Bonchev–Trinajstić information content (AvgIpc) is 2.33. The number of ether oxygens (including phenoxy) is 1. The zero-order chi connectivity index (χ0) is 11.2. The van der Waals surface area contributed by atoms with Gasteiger partial charge in [-0.1, -0.05) is 6.42 Å². The highest BCUT2D eigenvalue weighted by Crippen LogP contribution is 2.16. The monoisotopic (exact) mass is 223 g/mol. The minimum Gasteiger partial charge on any atom is -0.508 e. The Kier molecular flexibility index (Phi) is 4.02. The summed E-state index contributed by atoms with van der Waals surface area (Å²) < 4.78 is 5.39. The number of benzene rings is 1. The summed E-state index contributed by atoms with van der Waals surface area (Å²) in [4.78, 5) is 5.47. The molecule has 1 aromatic rings. The van der Waals surface area contributed by atoms with Crippen LogP contribution in [0.4, 0.5) is 0 Å². The first-order valence-corrected chi connectivity index (χ1v) is 5.64. The molecule has 0 bridgehead atoms. The summed E-state index contributed by atoms with van der Waals surface area (Å²) in [5.41, 5.74) is 0. The number of hydrogen-bond acceptors (Lipinski definition) is 4. The van der Waals surface area contributed by atoms with Crippen molar-refractivity contribution >= 4 is 0 Å². The van der Waals surface area contributed by atoms with Crippen molar-refractivity contribution in [2.24, 2.45) is 0 Å². The number of aromatic hydroxyl groups is 1. The van der Waals surface area contributed by atoms with E-state index in [1.54, 1.807) is 24.3 Å². The quantitative estimate of drug-likeness (QED) is 0.794. The highest BCUT2D eigenvalue weighted by Gasteiger charge is 2.10. The molecule has 4 heteroatoms.